The highest BCUT2D eigenvalue weighted by Crippen LogP contribution is 2.34. The summed E-state index contributed by atoms with van der Waals surface area (Å²) < 4.78 is 27.0. The van der Waals surface area contributed by atoms with E-state index in [1.54, 1.807) is 46.6 Å². The fourth-order valence-corrected chi connectivity index (χ4v) is 6.70. The number of aryl methyl sites for hydroxylation is 1. The highest BCUT2D eigenvalue weighted by molar-refractivity contribution is 7.89. The second-order valence-electron chi connectivity index (χ2n) is 7.59. The predicted molar refractivity (Wildman–Crippen MR) is 111 cm³/mol. The summed E-state index contributed by atoms with van der Waals surface area (Å²) in [7, 11) is -3.49. The average molecular weight is 419 g/mol. The first kappa shape index (κ1) is 19.6. The number of nitrogens with zero attached hydrogens (tertiary/aromatic N) is 2. The zero-order chi connectivity index (χ0) is 19.7. The Hall–Kier alpha value is -1.70. The Balaban J connectivity index is 1.42. The molecule has 0 bridgehead atoms. The molecule has 1 aromatic carbocycles. The van der Waals surface area contributed by atoms with E-state index in [9.17, 15) is 13.2 Å². The van der Waals surface area contributed by atoms with Gasteiger partial charge < -0.3 is 4.90 Å². The van der Waals surface area contributed by atoms with Gasteiger partial charge in [-0.1, -0.05) is 31.5 Å². The molecule has 0 radical (unpaired) electrons. The fraction of sp³-hybridized carbons (Fsp3) is 0.476. The van der Waals surface area contributed by atoms with Crippen molar-refractivity contribution in [2.75, 3.05) is 26.2 Å². The SMILES string of the molecule is CC[C@@H]1CCc2sc(C(=O)N3CCN(S(=O)(=O)c4ccccc4)CC3)cc2C1. The average Bonchev–Trinajstić information content (AvgIpc) is 3.17. The summed E-state index contributed by atoms with van der Waals surface area (Å²) in [5.41, 5.74) is 1.34. The van der Waals surface area contributed by atoms with E-state index in [2.05, 4.69) is 13.0 Å². The summed E-state index contributed by atoms with van der Waals surface area (Å²) in [5, 5.41) is 0. The number of hydrogen-bond donors (Lipinski definition) is 0. The van der Waals surface area contributed by atoms with Crippen molar-refractivity contribution in [3.8, 4) is 0 Å². The van der Waals surface area contributed by atoms with Gasteiger partial charge in [0.15, 0.2) is 0 Å². The molecule has 0 saturated carbocycles. The monoisotopic (exact) mass is 418 g/mol. The Morgan fingerprint density at radius 2 is 1.86 bits per heavy atom. The van der Waals surface area contributed by atoms with Gasteiger partial charge in [-0.05, 0) is 48.9 Å². The molecule has 1 aliphatic heterocycles. The first-order valence-electron chi connectivity index (χ1n) is 9.95. The number of carbonyl (C=O) groups excluding carboxylic acids is 1. The van der Waals surface area contributed by atoms with Gasteiger partial charge in [0.25, 0.3) is 5.91 Å². The number of benzene rings is 1. The van der Waals surface area contributed by atoms with E-state index < -0.39 is 10.0 Å². The summed E-state index contributed by atoms with van der Waals surface area (Å²) in [6.07, 6.45) is 4.57. The second kappa shape index (κ2) is 7.97. The standard InChI is InChI=1S/C21H26N2O3S2/c1-2-16-8-9-19-17(14-16)15-20(27-19)21(24)22-10-12-23(13-11-22)28(25,26)18-6-4-3-5-7-18/h3-7,15-16H,2,8-14H2,1H3/t16-/m1/s1. The van der Waals surface area contributed by atoms with Crippen molar-refractivity contribution in [3.05, 3.63) is 51.7 Å². The van der Waals surface area contributed by atoms with Crippen LogP contribution in [0.15, 0.2) is 41.3 Å². The highest BCUT2D eigenvalue weighted by atomic mass is 32.2. The molecular weight excluding hydrogens is 392 g/mol. The molecule has 7 heteroatoms. The van der Waals surface area contributed by atoms with Crippen LogP contribution in [-0.4, -0.2) is 49.7 Å². The summed E-state index contributed by atoms with van der Waals surface area (Å²) in [5.74, 6) is 0.779. The van der Waals surface area contributed by atoms with E-state index in [1.165, 1.54) is 27.6 Å². The molecule has 1 amide bonds. The van der Waals surface area contributed by atoms with Crippen molar-refractivity contribution in [3.63, 3.8) is 0 Å². The van der Waals surface area contributed by atoms with Crippen LogP contribution < -0.4 is 0 Å². The predicted octanol–water partition coefficient (Wildman–Crippen LogP) is 3.41. The molecule has 1 saturated heterocycles. The third-order valence-corrected chi connectivity index (χ3v) is 9.02. The molecule has 1 aromatic heterocycles. The topological polar surface area (TPSA) is 57.7 Å². The van der Waals surface area contributed by atoms with Gasteiger partial charge in [-0.3, -0.25) is 4.79 Å². The van der Waals surface area contributed by atoms with Gasteiger partial charge in [0.05, 0.1) is 9.77 Å². The molecular formula is C21H26N2O3S2. The van der Waals surface area contributed by atoms with E-state index in [0.29, 0.717) is 31.1 Å². The molecule has 0 N–H and O–H groups in total. The van der Waals surface area contributed by atoms with Crippen LogP contribution in [0.4, 0.5) is 0 Å². The van der Waals surface area contributed by atoms with Crippen molar-refractivity contribution < 1.29 is 13.2 Å². The number of hydrogen-bond acceptors (Lipinski definition) is 4. The van der Waals surface area contributed by atoms with Crippen LogP contribution in [0.1, 0.15) is 39.9 Å². The fourth-order valence-electron chi connectivity index (χ4n) is 4.08. The Labute approximate surface area is 171 Å². The lowest BCUT2D eigenvalue weighted by atomic mass is 9.87. The summed E-state index contributed by atoms with van der Waals surface area (Å²) in [4.78, 5) is 17.2. The molecule has 150 valence electrons. The van der Waals surface area contributed by atoms with Crippen LogP contribution in [0.2, 0.25) is 0 Å². The van der Waals surface area contributed by atoms with E-state index >= 15 is 0 Å². The van der Waals surface area contributed by atoms with Gasteiger partial charge in [-0.2, -0.15) is 4.31 Å². The Morgan fingerprint density at radius 3 is 2.54 bits per heavy atom. The Kier molecular flexibility index (Phi) is 5.58. The summed E-state index contributed by atoms with van der Waals surface area (Å²) in [6, 6.07) is 10.6. The molecule has 5 nitrogen and oxygen atoms in total. The van der Waals surface area contributed by atoms with Gasteiger partial charge in [-0.15, -0.1) is 11.3 Å². The zero-order valence-electron chi connectivity index (χ0n) is 16.1. The number of carbonyl (C=O) groups is 1. The smallest absolute Gasteiger partial charge is 0.264 e. The van der Waals surface area contributed by atoms with Gasteiger partial charge in [0.1, 0.15) is 0 Å². The Bertz CT molecular complexity index is 945. The lowest BCUT2D eigenvalue weighted by Gasteiger charge is -2.33. The van der Waals surface area contributed by atoms with E-state index in [0.717, 1.165) is 23.6 Å². The van der Waals surface area contributed by atoms with E-state index in [4.69, 9.17) is 0 Å². The van der Waals surface area contributed by atoms with Gasteiger partial charge >= 0.3 is 0 Å². The molecule has 0 spiro atoms. The highest BCUT2D eigenvalue weighted by Gasteiger charge is 2.31. The van der Waals surface area contributed by atoms with E-state index in [-0.39, 0.29) is 5.91 Å². The van der Waals surface area contributed by atoms with Crippen LogP contribution >= 0.6 is 11.3 Å². The summed E-state index contributed by atoms with van der Waals surface area (Å²) in [6.45, 7) is 3.78. The van der Waals surface area contributed by atoms with Crippen LogP contribution in [-0.2, 0) is 22.9 Å². The largest absolute Gasteiger partial charge is 0.335 e. The minimum absolute atomic E-state index is 0.0456. The third kappa shape index (κ3) is 3.75. The minimum atomic E-state index is -3.49. The molecule has 1 atom stereocenters. The van der Waals surface area contributed by atoms with Crippen molar-refractivity contribution in [1.29, 1.82) is 0 Å². The molecule has 0 unspecified atom stereocenters. The van der Waals surface area contributed by atoms with Crippen LogP contribution in [0.5, 0.6) is 0 Å². The van der Waals surface area contributed by atoms with E-state index in [1.807, 2.05) is 0 Å². The Morgan fingerprint density at radius 1 is 1.14 bits per heavy atom. The molecule has 2 aliphatic rings. The van der Waals surface area contributed by atoms with Gasteiger partial charge in [-0.25, -0.2) is 8.42 Å². The third-order valence-electron chi connectivity index (χ3n) is 5.88. The summed E-state index contributed by atoms with van der Waals surface area (Å²) >= 11 is 1.63. The molecule has 2 heterocycles. The van der Waals surface area contributed by atoms with Gasteiger partial charge in [0, 0.05) is 31.1 Å². The molecule has 4 rings (SSSR count). The lowest BCUT2D eigenvalue weighted by Crippen LogP contribution is -2.50. The second-order valence-corrected chi connectivity index (χ2v) is 10.7. The van der Waals surface area contributed by atoms with Crippen LogP contribution in [0.3, 0.4) is 0 Å². The molecule has 28 heavy (non-hydrogen) atoms. The number of thiophene rings is 1. The van der Waals surface area contributed by atoms with Crippen molar-refractivity contribution in [2.45, 2.75) is 37.5 Å². The first-order valence-corrected chi connectivity index (χ1v) is 12.2. The first-order chi connectivity index (χ1) is 13.5. The number of sulfonamides is 1. The van der Waals surface area contributed by atoms with Crippen molar-refractivity contribution in [2.24, 2.45) is 5.92 Å². The number of fused-ring (bicyclic) bond motifs is 1. The van der Waals surface area contributed by atoms with Crippen LogP contribution in [0.25, 0.3) is 0 Å². The number of amides is 1. The maximum absolute atomic E-state index is 13.0. The quantitative estimate of drug-likeness (QED) is 0.765. The molecule has 1 fully saturated rings. The maximum Gasteiger partial charge on any atom is 0.264 e. The minimum Gasteiger partial charge on any atom is -0.335 e. The molecule has 1 aliphatic carbocycles. The lowest BCUT2D eigenvalue weighted by molar-refractivity contribution is 0.0702. The van der Waals surface area contributed by atoms with Crippen molar-refractivity contribution in [1.82, 2.24) is 9.21 Å². The normalized spacial score (nSPS) is 20.8. The van der Waals surface area contributed by atoms with Crippen LogP contribution in [0, 0.1) is 5.92 Å². The van der Waals surface area contributed by atoms with Crippen molar-refractivity contribution >= 4 is 27.3 Å². The number of piperazine rings is 1. The van der Waals surface area contributed by atoms with Gasteiger partial charge in [0.2, 0.25) is 10.0 Å². The molecule has 2 aromatic rings. The zero-order valence-corrected chi connectivity index (χ0v) is 17.8. The number of rotatable bonds is 4. The maximum atomic E-state index is 13.0.